The first-order valence-corrected chi connectivity index (χ1v) is 6.44. The molecule has 0 aliphatic carbocycles. The number of hydrogen-bond donors (Lipinski definition) is 1. The molecular formula is C14H29N. The normalized spacial score (nSPS) is 13.1. The third-order valence-electron chi connectivity index (χ3n) is 2.70. The van der Waals surface area contributed by atoms with Gasteiger partial charge in [-0.3, -0.25) is 0 Å². The van der Waals surface area contributed by atoms with Crippen LogP contribution in [-0.4, -0.2) is 12.6 Å². The second-order valence-corrected chi connectivity index (χ2v) is 5.12. The van der Waals surface area contributed by atoms with Crippen molar-refractivity contribution in [1.29, 1.82) is 0 Å². The summed E-state index contributed by atoms with van der Waals surface area (Å²) < 4.78 is 0. The monoisotopic (exact) mass is 211 g/mol. The second kappa shape index (κ2) is 8.96. The van der Waals surface area contributed by atoms with Crippen molar-refractivity contribution in [3.05, 3.63) is 12.2 Å². The van der Waals surface area contributed by atoms with E-state index >= 15 is 0 Å². The van der Waals surface area contributed by atoms with Gasteiger partial charge in [0.2, 0.25) is 0 Å². The van der Waals surface area contributed by atoms with E-state index in [4.69, 9.17) is 0 Å². The Morgan fingerprint density at radius 1 is 1.20 bits per heavy atom. The lowest BCUT2D eigenvalue weighted by Crippen LogP contribution is -2.30. The Balaban J connectivity index is 3.77. The van der Waals surface area contributed by atoms with E-state index in [1.165, 1.54) is 37.7 Å². The number of hydrogen-bond acceptors (Lipinski definition) is 1. The Morgan fingerprint density at radius 3 is 2.33 bits per heavy atom. The average Bonchev–Trinajstić information content (AvgIpc) is 2.16. The van der Waals surface area contributed by atoms with E-state index in [2.05, 4.69) is 39.6 Å². The van der Waals surface area contributed by atoms with E-state index in [0.717, 1.165) is 12.5 Å². The maximum absolute atomic E-state index is 3.97. The van der Waals surface area contributed by atoms with Gasteiger partial charge in [0.05, 0.1) is 0 Å². The molecule has 0 aromatic carbocycles. The first-order valence-electron chi connectivity index (χ1n) is 6.44. The highest BCUT2D eigenvalue weighted by Crippen LogP contribution is 2.13. The van der Waals surface area contributed by atoms with Crippen molar-refractivity contribution in [2.75, 3.05) is 6.54 Å². The van der Waals surface area contributed by atoms with Crippen molar-refractivity contribution in [2.45, 2.75) is 65.8 Å². The van der Waals surface area contributed by atoms with Crippen molar-refractivity contribution in [2.24, 2.45) is 5.92 Å². The molecule has 0 aliphatic rings. The minimum Gasteiger partial charge on any atom is -0.314 e. The van der Waals surface area contributed by atoms with E-state index in [0.29, 0.717) is 6.04 Å². The lowest BCUT2D eigenvalue weighted by molar-refractivity contribution is 0.410. The Labute approximate surface area is 96.3 Å². The summed E-state index contributed by atoms with van der Waals surface area (Å²) >= 11 is 0. The molecular weight excluding hydrogens is 182 g/mol. The molecule has 0 spiro atoms. The highest BCUT2D eigenvalue weighted by atomic mass is 14.9. The molecule has 15 heavy (non-hydrogen) atoms. The molecule has 90 valence electrons. The molecule has 0 bridgehead atoms. The van der Waals surface area contributed by atoms with E-state index in [1.54, 1.807) is 0 Å². The van der Waals surface area contributed by atoms with Crippen LogP contribution in [0.3, 0.4) is 0 Å². The van der Waals surface area contributed by atoms with Gasteiger partial charge in [-0.15, -0.1) is 6.58 Å². The summed E-state index contributed by atoms with van der Waals surface area (Å²) in [5, 5.41) is 3.64. The fourth-order valence-electron chi connectivity index (χ4n) is 1.65. The van der Waals surface area contributed by atoms with Gasteiger partial charge in [0.25, 0.3) is 0 Å². The molecule has 1 N–H and O–H groups in total. The highest BCUT2D eigenvalue weighted by Gasteiger charge is 2.08. The lowest BCUT2D eigenvalue weighted by atomic mass is 9.98. The molecule has 0 radical (unpaired) electrons. The van der Waals surface area contributed by atoms with Crippen LogP contribution in [0.1, 0.15) is 59.8 Å². The lowest BCUT2D eigenvalue weighted by Gasteiger charge is -2.19. The molecule has 0 aromatic rings. The zero-order valence-corrected chi connectivity index (χ0v) is 11.1. The van der Waals surface area contributed by atoms with Crippen LogP contribution in [0.25, 0.3) is 0 Å². The maximum Gasteiger partial charge on any atom is 0.00702 e. The third-order valence-corrected chi connectivity index (χ3v) is 2.70. The smallest absolute Gasteiger partial charge is 0.00702 e. The largest absolute Gasteiger partial charge is 0.314 e. The summed E-state index contributed by atoms with van der Waals surface area (Å²) in [4.78, 5) is 0. The van der Waals surface area contributed by atoms with Gasteiger partial charge in [-0.2, -0.15) is 0 Å². The van der Waals surface area contributed by atoms with Crippen LogP contribution in [0, 0.1) is 5.92 Å². The molecule has 0 amide bonds. The van der Waals surface area contributed by atoms with Gasteiger partial charge in [0.15, 0.2) is 0 Å². The molecule has 0 saturated heterocycles. The maximum atomic E-state index is 3.97. The van der Waals surface area contributed by atoms with Gasteiger partial charge < -0.3 is 5.32 Å². The molecule has 1 atom stereocenters. The second-order valence-electron chi connectivity index (χ2n) is 5.12. The zero-order valence-electron chi connectivity index (χ0n) is 11.1. The Morgan fingerprint density at radius 2 is 1.87 bits per heavy atom. The number of rotatable bonds is 9. The minimum absolute atomic E-state index is 0.698. The van der Waals surface area contributed by atoms with Crippen molar-refractivity contribution in [3.63, 3.8) is 0 Å². The van der Waals surface area contributed by atoms with Crippen LogP contribution in [0.5, 0.6) is 0 Å². The van der Waals surface area contributed by atoms with E-state index in [9.17, 15) is 0 Å². The fraction of sp³-hybridized carbons (Fsp3) is 0.857. The first kappa shape index (κ1) is 14.7. The van der Waals surface area contributed by atoms with Crippen LogP contribution in [0.2, 0.25) is 0 Å². The molecule has 1 unspecified atom stereocenters. The summed E-state index contributed by atoms with van der Waals surface area (Å²) in [5.41, 5.74) is 1.31. The standard InChI is InChI=1S/C14H29N/c1-6-11-15-14(9-7-12(2)3)10-8-13(4)5/h13-15H,2,6-11H2,1,3-5H3. The van der Waals surface area contributed by atoms with Crippen molar-refractivity contribution >= 4 is 0 Å². The van der Waals surface area contributed by atoms with Crippen molar-refractivity contribution < 1.29 is 0 Å². The van der Waals surface area contributed by atoms with Gasteiger partial charge in [-0.25, -0.2) is 0 Å². The van der Waals surface area contributed by atoms with Gasteiger partial charge in [0, 0.05) is 6.04 Å². The van der Waals surface area contributed by atoms with Gasteiger partial charge in [-0.1, -0.05) is 26.3 Å². The first-order chi connectivity index (χ1) is 7.06. The summed E-state index contributed by atoms with van der Waals surface area (Å²) in [6, 6.07) is 0.698. The summed E-state index contributed by atoms with van der Waals surface area (Å²) in [6.45, 7) is 14.1. The van der Waals surface area contributed by atoms with E-state index in [-0.39, 0.29) is 0 Å². The molecule has 0 rings (SSSR count). The molecule has 1 nitrogen and oxygen atoms in total. The van der Waals surface area contributed by atoms with Crippen LogP contribution < -0.4 is 5.32 Å². The fourth-order valence-corrected chi connectivity index (χ4v) is 1.65. The minimum atomic E-state index is 0.698. The highest BCUT2D eigenvalue weighted by molar-refractivity contribution is 4.89. The van der Waals surface area contributed by atoms with Crippen LogP contribution in [-0.2, 0) is 0 Å². The average molecular weight is 211 g/mol. The molecule has 0 saturated carbocycles. The molecule has 0 aromatic heterocycles. The molecule has 0 aliphatic heterocycles. The zero-order chi connectivity index (χ0) is 11.7. The van der Waals surface area contributed by atoms with Gasteiger partial charge in [-0.05, 0) is 51.5 Å². The SMILES string of the molecule is C=C(C)CCC(CCC(C)C)NCCC. The predicted octanol–water partition coefficient (Wildman–Crippen LogP) is 4.15. The third kappa shape index (κ3) is 9.99. The predicted molar refractivity (Wildman–Crippen MR) is 70.2 cm³/mol. The summed E-state index contributed by atoms with van der Waals surface area (Å²) in [7, 11) is 0. The Hall–Kier alpha value is -0.300. The molecule has 1 heteroatoms. The van der Waals surface area contributed by atoms with Gasteiger partial charge in [0.1, 0.15) is 0 Å². The van der Waals surface area contributed by atoms with Crippen molar-refractivity contribution in [1.82, 2.24) is 5.32 Å². The topological polar surface area (TPSA) is 12.0 Å². The summed E-state index contributed by atoms with van der Waals surface area (Å²) in [5.74, 6) is 0.820. The quantitative estimate of drug-likeness (QED) is 0.565. The molecule has 0 heterocycles. The number of allylic oxidation sites excluding steroid dienone is 1. The van der Waals surface area contributed by atoms with E-state index in [1.807, 2.05) is 0 Å². The van der Waals surface area contributed by atoms with Crippen LogP contribution >= 0.6 is 0 Å². The van der Waals surface area contributed by atoms with Crippen LogP contribution in [0.4, 0.5) is 0 Å². The number of nitrogens with one attached hydrogen (secondary N) is 1. The van der Waals surface area contributed by atoms with Gasteiger partial charge >= 0.3 is 0 Å². The molecule has 0 fully saturated rings. The Kier molecular flexibility index (Phi) is 8.79. The van der Waals surface area contributed by atoms with E-state index < -0.39 is 0 Å². The van der Waals surface area contributed by atoms with Crippen molar-refractivity contribution in [3.8, 4) is 0 Å². The van der Waals surface area contributed by atoms with Crippen LogP contribution in [0.15, 0.2) is 12.2 Å². The summed E-state index contributed by atoms with van der Waals surface area (Å²) in [6.07, 6.45) is 6.29. The Bertz CT molecular complexity index is 161.